The topological polar surface area (TPSA) is 100 Å². The molecule has 0 radical (unpaired) electrons. The maximum atomic E-state index is 13.6. The van der Waals surface area contributed by atoms with Gasteiger partial charge in [-0.3, -0.25) is 14.4 Å². The van der Waals surface area contributed by atoms with Crippen LogP contribution >= 0.6 is 46.3 Å². The number of carbonyl (C=O) groups excluding carboxylic acids is 3. The van der Waals surface area contributed by atoms with E-state index in [2.05, 4.69) is 20.9 Å². The van der Waals surface area contributed by atoms with Crippen LogP contribution in [0.1, 0.15) is 32.4 Å². The lowest BCUT2D eigenvalue weighted by Gasteiger charge is -2.17. The first-order valence-corrected chi connectivity index (χ1v) is 16.2. The Morgan fingerprint density at radius 2 is 1.58 bits per heavy atom. The van der Waals surface area contributed by atoms with E-state index in [9.17, 15) is 14.4 Å². The fraction of sp³-hybridized carbons (Fsp3) is 0.0588. The zero-order valence-electron chi connectivity index (χ0n) is 23.8. The normalized spacial score (nSPS) is 11.8. The van der Waals surface area contributed by atoms with Gasteiger partial charge in [0.2, 0.25) is 5.91 Å². The van der Waals surface area contributed by atoms with E-state index >= 15 is 0 Å². The van der Waals surface area contributed by atoms with Gasteiger partial charge < -0.3 is 16.0 Å². The molecule has 3 N–H and O–H groups in total. The fourth-order valence-electron chi connectivity index (χ4n) is 4.19. The number of nitrogens with zero attached hydrogens (tertiary/aromatic N) is 1. The first-order chi connectivity index (χ1) is 21.8. The molecule has 11 heteroatoms. The third kappa shape index (κ3) is 8.61. The van der Waals surface area contributed by atoms with Gasteiger partial charge in [-0.15, -0.1) is 23.1 Å². The summed E-state index contributed by atoms with van der Waals surface area (Å²) in [5, 5.41) is 10.8. The predicted molar refractivity (Wildman–Crippen MR) is 184 cm³/mol. The molecule has 45 heavy (non-hydrogen) atoms. The van der Waals surface area contributed by atoms with Crippen molar-refractivity contribution >= 4 is 80.9 Å². The van der Waals surface area contributed by atoms with E-state index in [1.54, 1.807) is 66.7 Å². The predicted octanol–water partition coefficient (Wildman–Crippen LogP) is 8.64. The first-order valence-electron chi connectivity index (χ1n) is 13.6. The van der Waals surface area contributed by atoms with Crippen molar-refractivity contribution in [2.24, 2.45) is 0 Å². The van der Waals surface area contributed by atoms with Crippen LogP contribution in [0.25, 0.3) is 6.08 Å². The highest BCUT2D eigenvalue weighted by Crippen LogP contribution is 2.37. The number of thioether (sulfide) groups is 1. The van der Waals surface area contributed by atoms with Crippen LogP contribution in [0.2, 0.25) is 10.0 Å². The van der Waals surface area contributed by atoms with Crippen molar-refractivity contribution in [3.63, 3.8) is 0 Å². The van der Waals surface area contributed by atoms with Gasteiger partial charge in [-0.2, -0.15) is 0 Å². The van der Waals surface area contributed by atoms with Crippen molar-refractivity contribution in [3.8, 4) is 0 Å². The zero-order valence-corrected chi connectivity index (χ0v) is 26.9. The maximum Gasteiger partial charge on any atom is 0.272 e. The number of aromatic nitrogens is 1. The van der Waals surface area contributed by atoms with Crippen LogP contribution in [-0.4, -0.2) is 22.7 Å². The monoisotopic (exact) mass is 672 g/mol. The quantitative estimate of drug-likeness (QED) is 0.102. The van der Waals surface area contributed by atoms with Crippen molar-refractivity contribution in [1.29, 1.82) is 0 Å². The summed E-state index contributed by atoms with van der Waals surface area (Å²) < 4.78 is 0. The average Bonchev–Trinajstić information content (AvgIpc) is 3.46. The molecule has 3 amide bonds. The second kappa shape index (κ2) is 15.0. The molecule has 0 fully saturated rings. The second-order valence-corrected chi connectivity index (χ2v) is 12.5. The SMILES string of the molecule is Cc1csc(NC(=O)C(Sc2cccc(NC(=O)/C(=C\c3cccc(Cl)c3Cl)NC(=O)c3ccccc3)c2)c2ccccc2)n1. The molecule has 7 nitrogen and oxygen atoms in total. The van der Waals surface area contributed by atoms with Gasteiger partial charge in [0.25, 0.3) is 11.8 Å². The van der Waals surface area contributed by atoms with Gasteiger partial charge >= 0.3 is 0 Å². The molecule has 226 valence electrons. The summed E-state index contributed by atoms with van der Waals surface area (Å²) in [5.74, 6) is -1.26. The van der Waals surface area contributed by atoms with Gasteiger partial charge in [-0.25, -0.2) is 4.98 Å². The van der Waals surface area contributed by atoms with Crippen molar-refractivity contribution in [2.45, 2.75) is 17.1 Å². The third-order valence-corrected chi connectivity index (χ3v) is 9.30. The van der Waals surface area contributed by atoms with Crippen LogP contribution in [0.15, 0.2) is 119 Å². The number of halogens is 2. The van der Waals surface area contributed by atoms with E-state index in [-0.39, 0.29) is 16.6 Å². The molecule has 5 aromatic rings. The van der Waals surface area contributed by atoms with E-state index in [0.29, 0.717) is 27.0 Å². The number of thiazole rings is 1. The summed E-state index contributed by atoms with van der Waals surface area (Å²) in [4.78, 5) is 45.1. The number of aryl methyl sites for hydroxylation is 1. The van der Waals surface area contributed by atoms with E-state index in [1.165, 1.54) is 29.2 Å². The number of rotatable bonds is 10. The zero-order chi connectivity index (χ0) is 31.8. The Hall–Kier alpha value is -4.41. The molecule has 1 heterocycles. The molecule has 0 bridgehead atoms. The van der Waals surface area contributed by atoms with Gasteiger partial charge in [-0.1, -0.05) is 89.9 Å². The van der Waals surface area contributed by atoms with Gasteiger partial charge in [-0.05, 0) is 60.5 Å². The highest BCUT2D eigenvalue weighted by atomic mass is 35.5. The summed E-state index contributed by atoms with van der Waals surface area (Å²) in [6.07, 6.45) is 1.47. The molecule has 0 aliphatic carbocycles. The van der Waals surface area contributed by atoms with Gasteiger partial charge in [0.1, 0.15) is 10.9 Å². The molecule has 0 aliphatic rings. The van der Waals surface area contributed by atoms with Crippen LogP contribution < -0.4 is 16.0 Å². The number of carbonyl (C=O) groups is 3. The molecular formula is C34H26Cl2N4O3S2. The fourth-order valence-corrected chi connectivity index (χ4v) is 6.33. The van der Waals surface area contributed by atoms with Crippen LogP contribution in [0.5, 0.6) is 0 Å². The van der Waals surface area contributed by atoms with Gasteiger partial charge in [0.15, 0.2) is 5.13 Å². The summed E-state index contributed by atoms with van der Waals surface area (Å²) in [6.45, 7) is 1.87. The minimum absolute atomic E-state index is 0.0358. The molecule has 4 aromatic carbocycles. The van der Waals surface area contributed by atoms with Crippen molar-refractivity contribution in [2.75, 3.05) is 10.6 Å². The number of benzene rings is 4. The smallest absolute Gasteiger partial charge is 0.272 e. The lowest BCUT2D eigenvalue weighted by molar-refractivity contribution is -0.116. The van der Waals surface area contributed by atoms with E-state index in [4.69, 9.17) is 23.2 Å². The Balaban J connectivity index is 1.39. The second-order valence-electron chi connectivity index (χ2n) is 9.70. The van der Waals surface area contributed by atoms with Crippen LogP contribution in [-0.2, 0) is 9.59 Å². The molecule has 0 spiro atoms. The molecule has 0 aliphatic heterocycles. The van der Waals surface area contributed by atoms with E-state index in [1.807, 2.05) is 48.7 Å². The van der Waals surface area contributed by atoms with Crippen LogP contribution in [0, 0.1) is 6.92 Å². The summed E-state index contributed by atoms with van der Waals surface area (Å²) in [7, 11) is 0. The number of hydrogen-bond donors (Lipinski definition) is 3. The Morgan fingerprint density at radius 3 is 2.29 bits per heavy atom. The summed E-state index contributed by atoms with van der Waals surface area (Å²) >= 11 is 15.3. The van der Waals surface area contributed by atoms with Gasteiger partial charge in [0, 0.05) is 21.5 Å². The highest BCUT2D eigenvalue weighted by molar-refractivity contribution is 8.00. The number of nitrogens with one attached hydrogen (secondary N) is 3. The Kier molecular flexibility index (Phi) is 10.7. The molecule has 0 saturated heterocycles. The molecule has 0 saturated carbocycles. The maximum absolute atomic E-state index is 13.6. The number of hydrogen-bond acceptors (Lipinski definition) is 6. The van der Waals surface area contributed by atoms with Crippen LogP contribution in [0.4, 0.5) is 10.8 Å². The Labute approximate surface area is 278 Å². The lowest BCUT2D eigenvalue weighted by atomic mass is 10.1. The van der Waals surface area contributed by atoms with Gasteiger partial charge in [0.05, 0.1) is 15.7 Å². The van der Waals surface area contributed by atoms with Crippen molar-refractivity contribution in [3.05, 3.63) is 147 Å². The molecule has 1 aromatic heterocycles. The highest BCUT2D eigenvalue weighted by Gasteiger charge is 2.24. The standard InChI is InChI=1S/C34H26Cl2N4O3S2/c1-21-20-44-34(37-21)40-33(43)30(22-10-4-2-5-11-22)45-26-16-9-15-25(19-26)38-32(42)28(18-24-14-8-17-27(35)29(24)36)39-31(41)23-12-6-3-7-13-23/h2-20,30H,1H3,(H,38,42)(H,39,41)(H,37,40,43)/b28-18+. The summed E-state index contributed by atoms with van der Waals surface area (Å²) in [6, 6.07) is 30.1. The number of anilines is 2. The first kappa shape index (κ1) is 32.0. The largest absolute Gasteiger partial charge is 0.321 e. The number of amides is 3. The van der Waals surface area contributed by atoms with Crippen molar-refractivity contribution < 1.29 is 14.4 Å². The summed E-state index contributed by atoms with van der Waals surface area (Å²) in [5.41, 5.74) is 2.91. The van der Waals surface area contributed by atoms with E-state index < -0.39 is 17.1 Å². The Morgan fingerprint density at radius 1 is 0.867 bits per heavy atom. The molecule has 1 atom stereocenters. The molecule has 1 unspecified atom stereocenters. The van der Waals surface area contributed by atoms with Crippen molar-refractivity contribution in [1.82, 2.24) is 10.3 Å². The minimum Gasteiger partial charge on any atom is -0.321 e. The van der Waals surface area contributed by atoms with Crippen LogP contribution in [0.3, 0.4) is 0 Å². The molecular weight excluding hydrogens is 647 g/mol. The lowest BCUT2D eigenvalue weighted by Crippen LogP contribution is -2.30. The third-order valence-electron chi connectivity index (χ3n) is 6.35. The average molecular weight is 674 g/mol. The Bertz CT molecular complexity index is 1860. The van der Waals surface area contributed by atoms with E-state index in [0.717, 1.165) is 16.2 Å². The molecule has 5 rings (SSSR count). The minimum atomic E-state index is -0.591.